The Balaban J connectivity index is 1.96. The number of ether oxygens (including phenoxy) is 1. The summed E-state index contributed by atoms with van der Waals surface area (Å²) in [6.07, 6.45) is 3.78. The number of rotatable bonds is 0. The van der Waals surface area contributed by atoms with Gasteiger partial charge < -0.3 is 9.84 Å². The van der Waals surface area contributed by atoms with Gasteiger partial charge in [0.25, 0.3) is 0 Å². The first kappa shape index (κ1) is 11.1. The van der Waals surface area contributed by atoms with Crippen molar-refractivity contribution in [3.63, 3.8) is 0 Å². The zero-order chi connectivity index (χ0) is 12.0. The Bertz CT molecular complexity index is 441. The number of aliphatic hydroxyl groups excluding tert-OH is 1. The van der Waals surface area contributed by atoms with Crippen LogP contribution in [-0.4, -0.2) is 10.7 Å². The second-order valence-electron chi connectivity index (χ2n) is 5.89. The highest BCUT2D eigenvalue weighted by Crippen LogP contribution is 2.48. The van der Waals surface area contributed by atoms with Gasteiger partial charge in [0.05, 0.1) is 6.10 Å². The molecular weight excluding hydrogens is 212 g/mol. The van der Waals surface area contributed by atoms with Crippen LogP contribution >= 0.6 is 0 Å². The Hall–Kier alpha value is -1.02. The Morgan fingerprint density at radius 1 is 1.35 bits per heavy atom. The number of hydrogen-bond donors (Lipinski definition) is 1. The van der Waals surface area contributed by atoms with E-state index < -0.39 is 0 Å². The van der Waals surface area contributed by atoms with Gasteiger partial charge in [-0.2, -0.15) is 0 Å². The highest BCUT2D eigenvalue weighted by Gasteiger charge is 2.44. The monoisotopic (exact) mass is 232 g/mol. The average Bonchev–Trinajstić information content (AvgIpc) is 2.61. The highest BCUT2D eigenvalue weighted by molar-refractivity contribution is 5.41. The minimum absolute atomic E-state index is 0.0961. The molecule has 17 heavy (non-hydrogen) atoms. The lowest BCUT2D eigenvalue weighted by atomic mass is 9.86. The molecule has 1 aliphatic carbocycles. The Labute approximate surface area is 103 Å². The molecule has 3 atom stereocenters. The lowest BCUT2D eigenvalue weighted by Crippen LogP contribution is -2.38. The van der Waals surface area contributed by atoms with Crippen molar-refractivity contribution in [1.29, 1.82) is 0 Å². The second-order valence-corrected chi connectivity index (χ2v) is 5.89. The maximum absolute atomic E-state index is 10.3. The van der Waals surface area contributed by atoms with Crippen LogP contribution in [0.3, 0.4) is 0 Å². The number of hydrogen-bond acceptors (Lipinski definition) is 2. The normalized spacial score (nSPS) is 35.7. The summed E-state index contributed by atoms with van der Waals surface area (Å²) in [4.78, 5) is 0. The average molecular weight is 232 g/mol. The van der Waals surface area contributed by atoms with Crippen molar-refractivity contribution in [2.75, 3.05) is 0 Å². The van der Waals surface area contributed by atoms with Crippen LogP contribution in [0.5, 0.6) is 5.75 Å². The summed E-state index contributed by atoms with van der Waals surface area (Å²) in [5.74, 6) is 1.61. The van der Waals surface area contributed by atoms with E-state index >= 15 is 0 Å². The molecule has 1 spiro atoms. The van der Waals surface area contributed by atoms with Crippen LogP contribution in [-0.2, 0) is 0 Å². The summed E-state index contributed by atoms with van der Waals surface area (Å²) in [5, 5.41) is 10.3. The van der Waals surface area contributed by atoms with Gasteiger partial charge in [-0.05, 0) is 44.2 Å². The molecule has 0 saturated heterocycles. The first-order chi connectivity index (χ1) is 8.08. The minimum Gasteiger partial charge on any atom is -0.487 e. The van der Waals surface area contributed by atoms with Crippen molar-refractivity contribution in [2.45, 2.75) is 51.2 Å². The highest BCUT2D eigenvalue weighted by atomic mass is 16.5. The van der Waals surface area contributed by atoms with Crippen molar-refractivity contribution in [3.05, 3.63) is 29.3 Å². The van der Waals surface area contributed by atoms with E-state index in [4.69, 9.17) is 4.74 Å². The third-order valence-corrected chi connectivity index (χ3v) is 4.23. The SMILES string of the molecule is Cc1ccc2c(c1)[C@@H](O)CC1(CCC(C)C1)O2. The number of fused-ring (bicyclic) bond motifs is 1. The van der Waals surface area contributed by atoms with Crippen LogP contribution in [0.2, 0.25) is 0 Å². The van der Waals surface area contributed by atoms with E-state index in [1.807, 2.05) is 12.1 Å². The van der Waals surface area contributed by atoms with Crippen LogP contribution in [0.4, 0.5) is 0 Å². The molecule has 0 amide bonds. The van der Waals surface area contributed by atoms with Gasteiger partial charge >= 0.3 is 0 Å². The molecule has 1 aromatic rings. The van der Waals surface area contributed by atoms with E-state index in [-0.39, 0.29) is 11.7 Å². The van der Waals surface area contributed by atoms with Gasteiger partial charge in [0.2, 0.25) is 0 Å². The van der Waals surface area contributed by atoms with Gasteiger partial charge in [-0.15, -0.1) is 0 Å². The molecule has 1 N–H and O–H groups in total. The Morgan fingerprint density at radius 3 is 2.88 bits per heavy atom. The summed E-state index contributed by atoms with van der Waals surface area (Å²) in [7, 11) is 0. The van der Waals surface area contributed by atoms with E-state index in [2.05, 4.69) is 19.9 Å². The summed E-state index contributed by atoms with van der Waals surface area (Å²) >= 11 is 0. The topological polar surface area (TPSA) is 29.5 Å². The molecular formula is C15H20O2. The molecule has 1 saturated carbocycles. The molecule has 1 fully saturated rings. The predicted octanol–water partition coefficient (Wildman–Crippen LogP) is 3.37. The maximum atomic E-state index is 10.3. The summed E-state index contributed by atoms with van der Waals surface area (Å²) in [5.41, 5.74) is 2.05. The number of aryl methyl sites for hydroxylation is 1. The van der Waals surface area contributed by atoms with E-state index in [0.29, 0.717) is 5.92 Å². The summed E-state index contributed by atoms with van der Waals surface area (Å²) in [6.45, 7) is 4.32. The van der Waals surface area contributed by atoms with Gasteiger partial charge in [-0.3, -0.25) is 0 Å². The molecule has 0 radical (unpaired) electrons. The van der Waals surface area contributed by atoms with Gasteiger partial charge in [-0.1, -0.05) is 18.6 Å². The molecule has 1 aliphatic heterocycles. The molecule has 2 heteroatoms. The van der Waals surface area contributed by atoms with Gasteiger partial charge in [-0.25, -0.2) is 0 Å². The van der Waals surface area contributed by atoms with Crippen molar-refractivity contribution < 1.29 is 9.84 Å². The maximum Gasteiger partial charge on any atom is 0.125 e. The van der Waals surface area contributed by atoms with Crippen molar-refractivity contribution in [1.82, 2.24) is 0 Å². The minimum atomic E-state index is -0.357. The standard InChI is InChI=1S/C15H20O2/c1-10-3-4-14-12(7-10)13(16)9-15(17-14)6-5-11(2)8-15/h3-4,7,11,13,16H,5-6,8-9H2,1-2H3/t11?,13-,15?/m0/s1. The first-order valence-corrected chi connectivity index (χ1v) is 6.56. The molecule has 0 bridgehead atoms. The zero-order valence-corrected chi connectivity index (χ0v) is 10.6. The Morgan fingerprint density at radius 2 is 2.18 bits per heavy atom. The lowest BCUT2D eigenvalue weighted by Gasteiger charge is -2.38. The molecule has 0 aromatic heterocycles. The predicted molar refractivity (Wildman–Crippen MR) is 67.1 cm³/mol. The van der Waals surface area contributed by atoms with Crippen LogP contribution in [0.15, 0.2) is 18.2 Å². The third kappa shape index (κ3) is 1.85. The summed E-state index contributed by atoms with van der Waals surface area (Å²) < 4.78 is 6.22. The molecule has 3 rings (SSSR count). The summed E-state index contributed by atoms with van der Waals surface area (Å²) in [6, 6.07) is 6.12. The van der Waals surface area contributed by atoms with E-state index in [0.717, 1.165) is 30.6 Å². The molecule has 2 nitrogen and oxygen atoms in total. The van der Waals surface area contributed by atoms with Crippen LogP contribution < -0.4 is 4.74 Å². The molecule has 1 aromatic carbocycles. The van der Waals surface area contributed by atoms with Crippen LogP contribution in [0.1, 0.15) is 49.8 Å². The van der Waals surface area contributed by atoms with E-state index in [9.17, 15) is 5.11 Å². The number of aliphatic hydroxyl groups is 1. The fraction of sp³-hybridized carbons (Fsp3) is 0.600. The van der Waals surface area contributed by atoms with Gasteiger partial charge in [0, 0.05) is 12.0 Å². The Kier molecular flexibility index (Phi) is 2.44. The third-order valence-electron chi connectivity index (χ3n) is 4.23. The van der Waals surface area contributed by atoms with E-state index in [1.54, 1.807) is 0 Å². The van der Waals surface area contributed by atoms with Crippen LogP contribution in [0.25, 0.3) is 0 Å². The second kappa shape index (κ2) is 3.74. The first-order valence-electron chi connectivity index (χ1n) is 6.56. The lowest BCUT2D eigenvalue weighted by molar-refractivity contribution is -0.0116. The smallest absolute Gasteiger partial charge is 0.125 e. The molecule has 2 unspecified atom stereocenters. The van der Waals surface area contributed by atoms with Crippen LogP contribution in [0, 0.1) is 12.8 Å². The number of benzene rings is 1. The van der Waals surface area contributed by atoms with Gasteiger partial charge in [0.1, 0.15) is 11.4 Å². The molecule has 92 valence electrons. The van der Waals surface area contributed by atoms with Crippen molar-refractivity contribution in [2.24, 2.45) is 5.92 Å². The van der Waals surface area contributed by atoms with Crippen molar-refractivity contribution in [3.8, 4) is 5.75 Å². The molecule has 2 aliphatic rings. The quantitative estimate of drug-likeness (QED) is 0.743. The van der Waals surface area contributed by atoms with Crippen molar-refractivity contribution >= 4 is 0 Å². The zero-order valence-electron chi connectivity index (χ0n) is 10.6. The largest absolute Gasteiger partial charge is 0.487 e. The fourth-order valence-electron chi connectivity index (χ4n) is 3.39. The fourth-order valence-corrected chi connectivity index (χ4v) is 3.39. The molecule has 1 heterocycles. The van der Waals surface area contributed by atoms with E-state index in [1.165, 1.54) is 12.0 Å². The van der Waals surface area contributed by atoms with Gasteiger partial charge in [0.15, 0.2) is 0 Å².